The van der Waals surface area contributed by atoms with Crippen LogP contribution in [-0.4, -0.2) is 27.4 Å². The Labute approximate surface area is 250 Å². The maximum Gasteiger partial charge on any atom is 0.282 e. The highest BCUT2D eigenvalue weighted by Gasteiger charge is 2.23. The highest BCUT2D eigenvalue weighted by Crippen LogP contribution is 2.43. The molecule has 1 aliphatic carbocycles. The summed E-state index contributed by atoms with van der Waals surface area (Å²) in [5, 5.41) is 16.5. The molecule has 1 saturated carbocycles. The van der Waals surface area contributed by atoms with E-state index < -0.39 is 4.92 Å². The lowest BCUT2D eigenvalue weighted by molar-refractivity contribution is -0.384. The highest BCUT2D eigenvalue weighted by atomic mass is 79.9. The molecule has 11 heteroatoms. The van der Waals surface area contributed by atoms with Crippen molar-refractivity contribution in [1.29, 1.82) is 0 Å². The summed E-state index contributed by atoms with van der Waals surface area (Å²) in [5.74, 6) is 1.48. The van der Waals surface area contributed by atoms with Gasteiger partial charge in [-0.3, -0.25) is 14.9 Å². The molecular formula is C30H28BrClN4O5. The fourth-order valence-electron chi connectivity index (χ4n) is 5.01. The van der Waals surface area contributed by atoms with Crippen molar-refractivity contribution in [3.63, 3.8) is 0 Å². The predicted octanol–water partition coefficient (Wildman–Crippen LogP) is 7.63. The summed E-state index contributed by atoms with van der Waals surface area (Å²) in [6, 6.07) is 15.2. The van der Waals surface area contributed by atoms with Gasteiger partial charge in [0.15, 0.2) is 11.5 Å². The summed E-state index contributed by atoms with van der Waals surface area (Å²) in [6.07, 6.45) is 6.84. The van der Waals surface area contributed by atoms with Crippen LogP contribution < -0.4 is 15.0 Å². The maximum atomic E-state index is 13.6. The molecule has 0 unspecified atom stereocenters. The van der Waals surface area contributed by atoms with Gasteiger partial charge in [-0.25, -0.2) is 4.98 Å². The molecule has 9 nitrogen and oxygen atoms in total. The maximum absolute atomic E-state index is 13.6. The second-order valence-electron chi connectivity index (χ2n) is 9.75. The molecule has 0 saturated heterocycles. The predicted molar refractivity (Wildman–Crippen MR) is 163 cm³/mol. The van der Waals surface area contributed by atoms with Crippen molar-refractivity contribution in [1.82, 2.24) is 9.66 Å². The number of hydrogen-bond donors (Lipinski definition) is 0. The fourth-order valence-corrected chi connectivity index (χ4v) is 5.66. The largest absolute Gasteiger partial charge is 0.490 e. The molecule has 0 atom stereocenters. The lowest BCUT2D eigenvalue weighted by Crippen LogP contribution is -2.25. The number of para-hydroxylation sites is 1. The zero-order valence-corrected chi connectivity index (χ0v) is 24.7. The van der Waals surface area contributed by atoms with Crippen molar-refractivity contribution >= 4 is 50.3 Å². The average molecular weight is 640 g/mol. The summed E-state index contributed by atoms with van der Waals surface area (Å²) < 4.78 is 13.7. The number of rotatable bonds is 9. The molecule has 4 aromatic rings. The minimum atomic E-state index is -0.455. The van der Waals surface area contributed by atoms with Crippen LogP contribution in [0.4, 0.5) is 5.69 Å². The lowest BCUT2D eigenvalue weighted by Gasteiger charge is -2.22. The van der Waals surface area contributed by atoms with Crippen molar-refractivity contribution in [2.24, 2.45) is 5.10 Å². The molecular weight excluding hydrogens is 612 g/mol. The van der Waals surface area contributed by atoms with E-state index in [-0.39, 0.29) is 34.5 Å². The normalized spacial score (nSPS) is 14.0. The number of benzene rings is 3. The Morgan fingerprint density at radius 1 is 1.15 bits per heavy atom. The number of nitrogens with zero attached hydrogens (tertiary/aromatic N) is 4. The van der Waals surface area contributed by atoms with Gasteiger partial charge in [-0.2, -0.15) is 9.78 Å². The van der Waals surface area contributed by atoms with Crippen LogP contribution in [0.2, 0.25) is 5.02 Å². The summed E-state index contributed by atoms with van der Waals surface area (Å²) in [6.45, 7) is 2.23. The fraction of sp³-hybridized carbons (Fsp3) is 0.300. The molecule has 1 aromatic heterocycles. The van der Waals surface area contributed by atoms with Gasteiger partial charge in [-0.05, 0) is 59.5 Å². The van der Waals surface area contributed by atoms with E-state index in [0.717, 1.165) is 25.7 Å². The van der Waals surface area contributed by atoms with Crippen molar-refractivity contribution in [2.75, 3.05) is 6.61 Å². The number of fused-ring (bicyclic) bond motifs is 1. The van der Waals surface area contributed by atoms with Crippen LogP contribution in [-0.2, 0) is 6.61 Å². The molecule has 0 bridgehead atoms. The molecule has 0 aliphatic heterocycles. The van der Waals surface area contributed by atoms with Gasteiger partial charge in [0.05, 0.1) is 28.6 Å². The topological polar surface area (TPSA) is 109 Å². The highest BCUT2D eigenvalue weighted by molar-refractivity contribution is 9.10. The minimum absolute atomic E-state index is 0.0269. The van der Waals surface area contributed by atoms with Crippen molar-refractivity contribution in [3.05, 3.63) is 102 Å². The van der Waals surface area contributed by atoms with Gasteiger partial charge in [-0.15, -0.1) is 0 Å². The van der Waals surface area contributed by atoms with Crippen LogP contribution in [0.1, 0.15) is 61.9 Å². The van der Waals surface area contributed by atoms with Gasteiger partial charge >= 0.3 is 0 Å². The standard InChI is InChI=1S/C30H28BrClN4O5/c1-2-40-25-16-21(26(31)27(32)28(25)41-18-19-9-8-12-22(15-19)36(38)39)17-33-35-29(20-10-4-3-5-11-20)34-24-14-7-6-13-23(24)30(35)37/h6-9,12-17,20H,2-5,10-11,18H2,1H3. The molecule has 1 fully saturated rings. The van der Waals surface area contributed by atoms with Crippen molar-refractivity contribution < 1.29 is 14.4 Å². The lowest BCUT2D eigenvalue weighted by atomic mass is 9.88. The second kappa shape index (κ2) is 12.8. The molecule has 0 spiro atoms. The van der Waals surface area contributed by atoms with Gasteiger partial charge in [0, 0.05) is 28.1 Å². The Kier molecular flexibility index (Phi) is 8.99. The van der Waals surface area contributed by atoms with Crippen LogP contribution in [0, 0.1) is 10.1 Å². The zero-order chi connectivity index (χ0) is 28.9. The molecule has 5 rings (SSSR count). The van der Waals surface area contributed by atoms with E-state index in [4.69, 9.17) is 26.1 Å². The summed E-state index contributed by atoms with van der Waals surface area (Å²) in [4.78, 5) is 29.1. The first-order valence-corrected chi connectivity index (χ1v) is 14.6. The van der Waals surface area contributed by atoms with Gasteiger partial charge in [0.1, 0.15) is 17.5 Å². The number of halogens is 2. The van der Waals surface area contributed by atoms with Crippen LogP contribution in [0.15, 0.2) is 69.0 Å². The Bertz CT molecular complexity index is 1680. The quantitative estimate of drug-likeness (QED) is 0.106. The molecule has 212 valence electrons. The molecule has 3 aromatic carbocycles. The second-order valence-corrected chi connectivity index (χ2v) is 10.9. The monoisotopic (exact) mass is 638 g/mol. The summed E-state index contributed by atoms with van der Waals surface area (Å²) in [7, 11) is 0. The summed E-state index contributed by atoms with van der Waals surface area (Å²) in [5.41, 5.74) is 1.60. The number of ether oxygens (including phenoxy) is 2. The van der Waals surface area contributed by atoms with E-state index in [9.17, 15) is 14.9 Å². The minimum Gasteiger partial charge on any atom is -0.490 e. The van der Waals surface area contributed by atoms with E-state index >= 15 is 0 Å². The van der Waals surface area contributed by atoms with Crippen LogP contribution in [0.25, 0.3) is 10.9 Å². The number of non-ortho nitro benzene ring substituents is 1. The molecule has 1 aliphatic rings. The molecule has 0 amide bonds. The first-order valence-electron chi connectivity index (χ1n) is 13.4. The van der Waals surface area contributed by atoms with E-state index in [2.05, 4.69) is 21.0 Å². The zero-order valence-electron chi connectivity index (χ0n) is 22.4. The van der Waals surface area contributed by atoms with E-state index in [1.165, 1.54) is 23.2 Å². The van der Waals surface area contributed by atoms with Gasteiger partial charge in [-0.1, -0.05) is 55.1 Å². The Morgan fingerprint density at radius 2 is 1.93 bits per heavy atom. The Hall–Kier alpha value is -3.76. The Balaban J connectivity index is 1.51. The van der Waals surface area contributed by atoms with Crippen molar-refractivity contribution in [3.8, 4) is 11.5 Å². The van der Waals surface area contributed by atoms with Crippen LogP contribution in [0.3, 0.4) is 0 Å². The molecule has 0 radical (unpaired) electrons. The number of nitro benzene ring substituents is 1. The smallest absolute Gasteiger partial charge is 0.282 e. The third-order valence-electron chi connectivity index (χ3n) is 7.02. The SMILES string of the molecule is CCOc1cc(C=Nn2c(C3CCCCC3)nc3ccccc3c2=O)c(Br)c(Cl)c1OCc1cccc([N+](=O)[O-])c1. The van der Waals surface area contributed by atoms with Crippen molar-refractivity contribution in [2.45, 2.75) is 51.6 Å². The first-order chi connectivity index (χ1) is 19.9. The van der Waals surface area contributed by atoms with Crippen LogP contribution >= 0.6 is 27.5 Å². The third kappa shape index (κ3) is 6.28. The van der Waals surface area contributed by atoms with Crippen LogP contribution in [0.5, 0.6) is 11.5 Å². The van der Waals surface area contributed by atoms with Gasteiger partial charge < -0.3 is 9.47 Å². The first kappa shape index (κ1) is 28.8. The third-order valence-corrected chi connectivity index (χ3v) is 8.46. The number of nitro groups is 1. The molecule has 41 heavy (non-hydrogen) atoms. The van der Waals surface area contributed by atoms with E-state index in [1.807, 2.05) is 25.1 Å². The van der Waals surface area contributed by atoms with Gasteiger partial charge in [0.2, 0.25) is 0 Å². The Morgan fingerprint density at radius 3 is 2.68 bits per heavy atom. The molecule has 0 N–H and O–H groups in total. The van der Waals surface area contributed by atoms with E-state index in [1.54, 1.807) is 30.5 Å². The summed E-state index contributed by atoms with van der Waals surface area (Å²) >= 11 is 10.3. The molecule has 1 heterocycles. The van der Waals surface area contributed by atoms with Gasteiger partial charge in [0.25, 0.3) is 11.2 Å². The number of aromatic nitrogens is 2. The van der Waals surface area contributed by atoms with E-state index in [0.29, 0.717) is 44.7 Å². The average Bonchev–Trinajstić information content (AvgIpc) is 2.99. The number of hydrogen-bond acceptors (Lipinski definition) is 7.